The summed E-state index contributed by atoms with van der Waals surface area (Å²) in [6.07, 6.45) is 0. The first-order valence-corrected chi connectivity index (χ1v) is 11.5. The molecule has 0 bridgehead atoms. The monoisotopic (exact) mass is 528 g/mol. The van der Waals surface area contributed by atoms with Gasteiger partial charge in [-0.15, -0.1) is 24.0 Å². The lowest BCUT2D eigenvalue weighted by Crippen LogP contribution is -2.44. The van der Waals surface area contributed by atoms with Crippen molar-refractivity contribution in [2.75, 3.05) is 50.5 Å². The zero-order valence-electron chi connectivity index (χ0n) is 15.8. The third-order valence-electron chi connectivity index (χ3n) is 3.96. The zero-order chi connectivity index (χ0) is 18.8. The van der Waals surface area contributed by atoms with E-state index < -0.39 is 10.0 Å². The number of nitrogens with zero attached hydrogens (tertiary/aromatic N) is 2. The Labute approximate surface area is 183 Å². The Bertz CT molecular complexity index is 695. The minimum absolute atomic E-state index is 0. The summed E-state index contributed by atoms with van der Waals surface area (Å²) in [4.78, 5) is 4.15. The van der Waals surface area contributed by atoms with Gasteiger partial charge in [-0.1, -0.05) is 18.2 Å². The number of aliphatic imine (C=N–C) groups is 1. The molecule has 0 saturated carbocycles. The molecule has 0 spiro atoms. The molecule has 154 valence electrons. The van der Waals surface area contributed by atoms with E-state index in [4.69, 9.17) is 4.74 Å². The third-order valence-corrected chi connectivity index (χ3v) is 6.77. The molecule has 1 aliphatic rings. The fourth-order valence-corrected chi connectivity index (χ4v) is 5.09. The molecule has 1 aliphatic heterocycles. The molecule has 0 radical (unpaired) electrons. The maximum absolute atomic E-state index is 12.4. The van der Waals surface area contributed by atoms with Crippen molar-refractivity contribution in [3.63, 3.8) is 0 Å². The van der Waals surface area contributed by atoms with Crippen LogP contribution in [0.25, 0.3) is 0 Å². The van der Waals surface area contributed by atoms with Crippen LogP contribution in [0, 0.1) is 0 Å². The SMILES string of the molecule is CCOc1ccccc1CNC(=NC)NCCS(=O)(=O)N1CCSCC1.I. The third kappa shape index (κ3) is 8.04. The quantitative estimate of drug-likeness (QED) is 0.304. The Morgan fingerprint density at radius 1 is 1.26 bits per heavy atom. The molecule has 7 nitrogen and oxygen atoms in total. The van der Waals surface area contributed by atoms with Crippen molar-refractivity contribution in [2.45, 2.75) is 13.5 Å². The summed E-state index contributed by atoms with van der Waals surface area (Å²) in [7, 11) is -1.55. The second-order valence-electron chi connectivity index (χ2n) is 5.72. The van der Waals surface area contributed by atoms with E-state index in [1.165, 1.54) is 0 Å². The number of para-hydroxylation sites is 1. The number of sulfonamides is 1. The lowest BCUT2D eigenvalue weighted by Gasteiger charge is -2.25. The molecule has 1 saturated heterocycles. The van der Waals surface area contributed by atoms with Crippen LogP contribution in [0.4, 0.5) is 0 Å². The summed E-state index contributed by atoms with van der Waals surface area (Å²) in [5, 5.41) is 6.27. The second-order valence-corrected chi connectivity index (χ2v) is 9.03. The average molecular weight is 528 g/mol. The minimum atomic E-state index is -3.21. The van der Waals surface area contributed by atoms with Crippen molar-refractivity contribution in [3.05, 3.63) is 29.8 Å². The van der Waals surface area contributed by atoms with Gasteiger partial charge in [-0.3, -0.25) is 4.99 Å². The maximum Gasteiger partial charge on any atom is 0.215 e. The molecule has 0 aromatic heterocycles. The first-order chi connectivity index (χ1) is 12.6. The standard InChI is InChI=1S/C17H28N4O3S2.HI/c1-3-24-16-7-5-4-6-15(16)14-20-17(18-2)19-8-13-26(22,23)21-9-11-25-12-10-21;/h4-7H,3,8-14H2,1-2H3,(H2,18,19,20);1H. The van der Waals surface area contributed by atoms with Gasteiger partial charge in [0.2, 0.25) is 10.0 Å². The van der Waals surface area contributed by atoms with Crippen LogP contribution in [0.3, 0.4) is 0 Å². The van der Waals surface area contributed by atoms with Crippen molar-refractivity contribution in [3.8, 4) is 5.75 Å². The van der Waals surface area contributed by atoms with Gasteiger partial charge in [0, 0.05) is 50.3 Å². The highest BCUT2D eigenvalue weighted by Crippen LogP contribution is 2.17. The first kappa shape index (κ1) is 24.3. The van der Waals surface area contributed by atoms with Crippen LogP contribution in [0.5, 0.6) is 5.75 Å². The number of guanidine groups is 1. The summed E-state index contributed by atoms with van der Waals surface area (Å²) in [5.74, 6) is 3.21. The molecule has 0 unspecified atom stereocenters. The van der Waals surface area contributed by atoms with E-state index in [1.807, 2.05) is 31.2 Å². The maximum atomic E-state index is 12.4. The van der Waals surface area contributed by atoms with E-state index in [-0.39, 0.29) is 29.7 Å². The van der Waals surface area contributed by atoms with Crippen molar-refractivity contribution < 1.29 is 13.2 Å². The number of nitrogens with one attached hydrogen (secondary N) is 2. The summed E-state index contributed by atoms with van der Waals surface area (Å²) < 4.78 is 31.9. The fourth-order valence-electron chi connectivity index (χ4n) is 2.60. The van der Waals surface area contributed by atoms with Crippen LogP contribution >= 0.6 is 35.7 Å². The van der Waals surface area contributed by atoms with E-state index in [1.54, 1.807) is 23.1 Å². The van der Waals surface area contributed by atoms with Crippen molar-refractivity contribution in [1.29, 1.82) is 0 Å². The highest BCUT2D eigenvalue weighted by molar-refractivity contribution is 14.0. The molecule has 0 atom stereocenters. The van der Waals surface area contributed by atoms with Gasteiger partial charge in [0.05, 0.1) is 12.4 Å². The first-order valence-electron chi connectivity index (χ1n) is 8.77. The van der Waals surface area contributed by atoms with E-state index in [2.05, 4.69) is 15.6 Å². The van der Waals surface area contributed by atoms with Crippen LogP contribution in [0.15, 0.2) is 29.3 Å². The zero-order valence-corrected chi connectivity index (χ0v) is 19.8. The minimum Gasteiger partial charge on any atom is -0.494 e. The van der Waals surface area contributed by atoms with Crippen molar-refractivity contribution >= 4 is 51.7 Å². The molecule has 2 rings (SSSR count). The van der Waals surface area contributed by atoms with Crippen LogP contribution in [0.1, 0.15) is 12.5 Å². The number of benzene rings is 1. The Morgan fingerprint density at radius 2 is 1.96 bits per heavy atom. The molecular weight excluding hydrogens is 499 g/mol. The summed E-state index contributed by atoms with van der Waals surface area (Å²) >= 11 is 1.80. The predicted molar refractivity (Wildman–Crippen MR) is 124 cm³/mol. The summed E-state index contributed by atoms with van der Waals surface area (Å²) in [6, 6.07) is 7.81. The topological polar surface area (TPSA) is 83.0 Å². The molecule has 0 aliphatic carbocycles. The lowest BCUT2D eigenvalue weighted by atomic mass is 10.2. The number of thioether (sulfide) groups is 1. The van der Waals surface area contributed by atoms with Crippen LogP contribution < -0.4 is 15.4 Å². The summed E-state index contributed by atoms with van der Waals surface area (Å²) in [5.41, 5.74) is 1.02. The summed E-state index contributed by atoms with van der Waals surface area (Å²) in [6.45, 7) is 4.64. The molecule has 2 N–H and O–H groups in total. The largest absolute Gasteiger partial charge is 0.494 e. The molecule has 1 aromatic rings. The molecule has 1 heterocycles. The van der Waals surface area contributed by atoms with Gasteiger partial charge in [-0.05, 0) is 13.0 Å². The molecular formula is C17H29IN4O3S2. The van der Waals surface area contributed by atoms with Gasteiger partial charge >= 0.3 is 0 Å². The average Bonchev–Trinajstić information content (AvgIpc) is 2.66. The van der Waals surface area contributed by atoms with Crippen LogP contribution in [-0.4, -0.2) is 69.2 Å². The molecule has 10 heteroatoms. The number of rotatable bonds is 8. The number of halogens is 1. The van der Waals surface area contributed by atoms with Crippen LogP contribution in [-0.2, 0) is 16.6 Å². The Kier molecular flexibility index (Phi) is 11.4. The van der Waals surface area contributed by atoms with Crippen molar-refractivity contribution in [1.82, 2.24) is 14.9 Å². The van der Waals surface area contributed by atoms with Crippen LogP contribution in [0.2, 0.25) is 0 Å². The predicted octanol–water partition coefficient (Wildman–Crippen LogP) is 1.75. The normalized spacial score (nSPS) is 15.7. The van der Waals surface area contributed by atoms with Gasteiger partial charge in [0.25, 0.3) is 0 Å². The molecule has 27 heavy (non-hydrogen) atoms. The highest BCUT2D eigenvalue weighted by atomic mass is 127. The van der Waals surface area contributed by atoms with E-state index in [0.29, 0.717) is 38.7 Å². The van der Waals surface area contributed by atoms with E-state index in [9.17, 15) is 8.42 Å². The van der Waals surface area contributed by atoms with Gasteiger partial charge < -0.3 is 15.4 Å². The molecule has 0 amide bonds. The van der Waals surface area contributed by atoms with Gasteiger partial charge in [-0.2, -0.15) is 11.8 Å². The smallest absolute Gasteiger partial charge is 0.215 e. The number of hydrogen-bond acceptors (Lipinski definition) is 5. The Hall–Kier alpha value is -0.720. The Balaban J connectivity index is 0.00000364. The fraction of sp³-hybridized carbons (Fsp3) is 0.588. The van der Waals surface area contributed by atoms with Crippen molar-refractivity contribution in [2.24, 2.45) is 4.99 Å². The molecule has 1 aromatic carbocycles. The van der Waals surface area contributed by atoms with E-state index in [0.717, 1.165) is 22.8 Å². The van der Waals surface area contributed by atoms with E-state index >= 15 is 0 Å². The van der Waals surface area contributed by atoms with Gasteiger partial charge in [-0.25, -0.2) is 12.7 Å². The molecule has 1 fully saturated rings. The second kappa shape index (κ2) is 12.7. The number of ether oxygens (including phenoxy) is 1. The van der Waals surface area contributed by atoms with Gasteiger partial charge in [0.1, 0.15) is 5.75 Å². The Morgan fingerprint density at radius 3 is 2.63 bits per heavy atom. The highest BCUT2D eigenvalue weighted by Gasteiger charge is 2.23. The lowest BCUT2D eigenvalue weighted by molar-refractivity contribution is 0.336. The van der Waals surface area contributed by atoms with Gasteiger partial charge in [0.15, 0.2) is 5.96 Å². The number of hydrogen-bond donors (Lipinski definition) is 2.